The van der Waals surface area contributed by atoms with Gasteiger partial charge in [-0.1, -0.05) is 78.6 Å². The number of hydrogen-bond donors (Lipinski definition) is 2. The van der Waals surface area contributed by atoms with Gasteiger partial charge in [0, 0.05) is 13.2 Å². The van der Waals surface area contributed by atoms with Gasteiger partial charge >= 0.3 is 0 Å². The largest absolute Gasteiger partial charge is 0.396 e. The maximum absolute atomic E-state index is 8.89. The molecule has 3 atom stereocenters. The Morgan fingerprint density at radius 1 is 0.478 bits per heavy atom. The molecular weight excluding hydrogens is 284 g/mol. The van der Waals surface area contributed by atoms with Crippen molar-refractivity contribution >= 4 is 0 Å². The van der Waals surface area contributed by atoms with Gasteiger partial charge in [-0.25, -0.2) is 0 Å². The standard InChI is InChI=1S/C21H44O2/c1-19(12-9-7-5-4-6-8-10-16-22)14-15-21(3)18-20(2)13-11-17-23/h19-23H,4-18H2,1-3H3/t19?,20-,21-/m0/s1. The van der Waals surface area contributed by atoms with E-state index in [9.17, 15) is 0 Å². The molecule has 0 aliphatic carbocycles. The molecule has 0 aliphatic rings. The molecule has 0 saturated heterocycles. The molecule has 2 heteroatoms. The summed E-state index contributed by atoms with van der Waals surface area (Å²) in [5, 5.41) is 17.6. The molecule has 140 valence electrons. The molecular formula is C21H44O2. The van der Waals surface area contributed by atoms with Crippen LogP contribution in [0.2, 0.25) is 0 Å². The third kappa shape index (κ3) is 16.6. The second-order valence-electron chi connectivity index (χ2n) is 7.98. The van der Waals surface area contributed by atoms with Gasteiger partial charge in [0.15, 0.2) is 0 Å². The lowest BCUT2D eigenvalue weighted by molar-refractivity contribution is 0.262. The highest BCUT2D eigenvalue weighted by molar-refractivity contribution is 4.63. The van der Waals surface area contributed by atoms with Crippen LogP contribution < -0.4 is 0 Å². The van der Waals surface area contributed by atoms with Gasteiger partial charge < -0.3 is 10.2 Å². The van der Waals surface area contributed by atoms with Gasteiger partial charge in [0.1, 0.15) is 0 Å². The van der Waals surface area contributed by atoms with Gasteiger partial charge in [0.05, 0.1) is 0 Å². The summed E-state index contributed by atoms with van der Waals surface area (Å²) in [6.45, 7) is 7.85. The van der Waals surface area contributed by atoms with Crippen LogP contribution in [-0.2, 0) is 0 Å². The van der Waals surface area contributed by atoms with E-state index in [1.165, 1.54) is 70.6 Å². The zero-order chi connectivity index (χ0) is 17.3. The lowest BCUT2D eigenvalue weighted by Gasteiger charge is -2.19. The Kier molecular flexibility index (Phi) is 16.7. The van der Waals surface area contributed by atoms with Crippen molar-refractivity contribution in [2.24, 2.45) is 17.8 Å². The average molecular weight is 329 g/mol. The van der Waals surface area contributed by atoms with Crippen molar-refractivity contribution in [2.45, 2.75) is 104 Å². The zero-order valence-electron chi connectivity index (χ0n) is 16.2. The fraction of sp³-hybridized carbons (Fsp3) is 1.00. The molecule has 0 heterocycles. The first-order valence-electron chi connectivity index (χ1n) is 10.3. The van der Waals surface area contributed by atoms with E-state index >= 15 is 0 Å². The molecule has 0 aliphatic heterocycles. The third-order valence-electron chi connectivity index (χ3n) is 5.17. The van der Waals surface area contributed by atoms with Crippen LogP contribution in [0.1, 0.15) is 104 Å². The number of aliphatic hydroxyl groups is 2. The minimum atomic E-state index is 0.344. The summed E-state index contributed by atoms with van der Waals surface area (Å²) in [5.41, 5.74) is 0. The van der Waals surface area contributed by atoms with Gasteiger partial charge in [-0.15, -0.1) is 0 Å². The Morgan fingerprint density at radius 3 is 1.52 bits per heavy atom. The quantitative estimate of drug-likeness (QED) is 0.324. The molecule has 0 aromatic rings. The van der Waals surface area contributed by atoms with Crippen molar-refractivity contribution in [1.82, 2.24) is 0 Å². The monoisotopic (exact) mass is 328 g/mol. The van der Waals surface area contributed by atoms with Crippen molar-refractivity contribution in [1.29, 1.82) is 0 Å². The van der Waals surface area contributed by atoms with E-state index in [2.05, 4.69) is 20.8 Å². The predicted molar refractivity (Wildman–Crippen MR) is 102 cm³/mol. The maximum Gasteiger partial charge on any atom is 0.0431 e. The summed E-state index contributed by atoms with van der Waals surface area (Å²) < 4.78 is 0. The molecule has 0 radical (unpaired) electrons. The Bertz CT molecular complexity index is 230. The average Bonchev–Trinajstić information content (AvgIpc) is 2.53. The summed E-state index contributed by atoms with van der Waals surface area (Å²) in [5.74, 6) is 2.47. The molecule has 0 amide bonds. The van der Waals surface area contributed by atoms with Crippen LogP contribution in [0.15, 0.2) is 0 Å². The Labute approximate surface area is 146 Å². The maximum atomic E-state index is 8.89. The van der Waals surface area contributed by atoms with E-state index in [1.807, 2.05) is 0 Å². The van der Waals surface area contributed by atoms with Crippen molar-refractivity contribution < 1.29 is 10.2 Å². The molecule has 0 fully saturated rings. The smallest absolute Gasteiger partial charge is 0.0431 e. The first-order valence-corrected chi connectivity index (χ1v) is 10.3. The van der Waals surface area contributed by atoms with E-state index in [1.54, 1.807) is 0 Å². The summed E-state index contributed by atoms with van der Waals surface area (Å²) in [4.78, 5) is 0. The molecule has 0 aromatic carbocycles. The lowest BCUT2D eigenvalue weighted by atomic mass is 9.87. The minimum Gasteiger partial charge on any atom is -0.396 e. The van der Waals surface area contributed by atoms with E-state index < -0.39 is 0 Å². The van der Waals surface area contributed by atoms with Gasteiger partial charge in [-0.3, -0.25) is 0 Å². The van der Waals surface area contributed by atoms with Gasteiger partial charge in [-0.05, 0) is 43.4 Å². The van der Waals surface area contributed by atoms with E-state index in [0.717, 1.165) is 30.6 Å². The van der Waals surface area contributed by atoms with Crippen LogP contribution in [0.5, 0.6) is 0 Å². The Balaban J connectivity index is 3.43. The molecule has 2 nitrogen and oxygen atoms in total. The third-order valence-corrected chi connectivity index (χ3v) is 5.17. The van der Waals surface area contributed by atoms with Gasteiger partial charge in [-0.2, -0.15) is 0 Å². The van der Waals surface area contributed by atoms with Crippen molar-refractivity contribution in [2.75, 3.05) is 13.2 Å². The predicted octanol–water partition coefficient (Wildman–Crippen LogP) is 5.95. The highest BCUT2D eigenvalue weighted by Gasteiger charge is 2.10. The molecule has 0 aromatic heterocycles. The summed E-state index contributed by atoms with van der Waals surface area (Å²) in [6.07, 6.45) is 16.6. The van der Waals surface area contributed by atoms with Crippen LogP contribution >= 0.6 is 0 Å². The van der Waals surface area contributed by atoms with Crippen LogP contribution in [0.4, 0.5) is 0 Å². The van der Waals surface area contributed by atoms with Crippen LogP contribution in [0.25, 0.3) is 0 Å². The SMILES string of the molecule is CC(CCCCCCCCCO)CC[C@H](C)C[C@@H](C)CCCO. The van der Waals surface area contributed by atoms with Gasteiger partial charge in [0.25, 0.3) is 0 Å². The molecule has 0 spiro atoms. The van der Waals surface area contributed by atoms with Crippen molar-refractivity contribution in [3.63, 3.8) is 0 Å². The highest BCUT2D eigenvalue weighted by atomic mass is 16.3. The summed E-state index contributed by atoms with van der Waals surface area (Å²) in [7, 11) is 0. The number of rotatable bonds is 17. The van der Waals surface area contributed by atoms with E-state index in [4.69, 9.17) is 10.2 Å². The van der Waals surface area contributed by atoms with Gasteiger partial charge in [0.2, 0.25) is 0 Å². The number of aliphatic hydroxyl groups excluding tert-OH is 2. The van der Waals surface area contributed by atoms with Crippen molar-refractivity contribution in [3.05, 3.63) is 0 Å². The Hall–Kier alpha value is -0.0800. The fourth-order valence-electron chi connectivity index (χ4n) is 3.56. The molecule has 0 bridgehead atoms. The van der Waals surface area contributed by atoms with Crippen LogP contribution in [0.3, 0.4) is 0 Å². The van der Waals surface area contributed by atoms with Crippen molar-refractivity contribution in [3.8, 4) is 0 Å². The second kappa shape index (κ2) is 16.8. The molecule has 2 N–H and O–H groups in total. The molecule has 23 heavy (non-hydrogen) atoms. The second-order valence-corrected chi connectivity index (χ2v) is 7.98. The summed E-state index contributed by atoms with van der Waals surface area (Å²) in [6, 6.07) is 0. The van der Waals surface area contributed by atoms with E-state index in [-0.39, 0.29) is 0 Å². The Morgan fingerprint density at radius 2 is 0.913 bits per heavy atom. The first kappa shape index (κ1) is 22.9. The highest BCUT2D eigenvalue weighted by Crippen LogP contribution is 2.24. The number of unbranched alkanes of at least 4 members (excludes halogenated alkanes) is 6. The zero-order valence-corrected chi connectivity index (χ0v) is 16.2. The van der Waals surface area contributed by atoms with Crippen LogP contribution in [0, 0.1) is 17.8 Å². The minimum absolute atomic E-state index is 0.344. The number of hydrogen-bond acceptors (Lipinski definition) is 2. The molecule has 0 saturated carbocycles. The van der Waals surface area contributed by atoms with Crippen LogP contribution in [-0.4, -0.2) is 23.4 Å². The van der Waals surface area contributed by atoms with E-state index in [0.29, 0.717) is 13.2 Å². The summed E-state index contributed by atoms with van der Waals surface area (Å²) >= 11 is 0. The topological polar surface area (TPSA) is 40.5 Å². The first-order chi connectivity index (χ1) is 11.1. The fourth-order valence-corrected chi connectivity index (χ4v) is 3.56. The molecule has 0 rings (SSSR count). The molecule has 1 unspecified atom stereocenters. The normalized spacial score (nSPS) is 15.5. The lowest BCUT2D eigenvalue weighted by Crippen LogP contribution is -2.06.